The molecule has 1 aliphatic heterocycles. The van der Waals surface area contributed by atoms with E-state index in [9.17, 15) is 0 Å². The highest BCUT2D eigenvalue weighted by atomic mass is 15.0. The largest absolute Gasteiger partial charge is 0.307 e. The third kappa shape index (κ3) is 1.73. The summed E-state index contributed by atoms with van der Waals surface area (Å²) in [6.07, 6.45) is 6.79. The van der Waals surface area contributed by atoms with Crippen LogP contribution in [0.1, 0.15) is 60.8 Å². The van der Waals surface area contributed by atoms with E-state index >= 15 is 0 Å². The zero-order valence-electron chi connectivity index (χ0n) is 9.92. The van der Waals surface area contributed by atoms with Crippen molar-refractivity contribution >= 4 is 0 Å². The molecular weight excluding hydrogens is 198 g/mol. The molecule has 86 valence electrons. The van der Waals surface area contributed by atoms with Crippen LogP contribution in [0.5, 0.6) is 0 Å². The molecule has 1 aliphatic carbocycles. The predicted molar refractivity (Wildman–Crippen MR) is 63.1 cm³/mol. The summed E-state index contributed by atoms with van der Waals surface area (Å²) >= 11 is 0. The second-order valence-corrected chi connectivity index (χ2v) is 5.02. The lowest BCUT2D eigenvalue weighted by Gasteiger charge is -2.23. The van der Waals surface area contributed by atoms with Gasteiger partial charge in [-0.1, -0.05) is 19.3 Å². The van der Waals surface area contributed by atoms with Crippen LogP contribution >= 0.6 is 0 Å². The smallest absolute Gasteiger partial charge is 0.125 e. The molecule has 1 fully saturated rings. The van der Waals surface area contributed by atoms with Gasteiger partial charge in [0.25, 0.3) is 0 Å². The number of rotatable bonds is 1. The highest BCUT2D eigenvalue weighted by Gasteiger charge is 2.24. The summed E-state index contributed by atoms with van der Waals surface area (Å²) in [5.74, 6) is 1.65. The summed E-state index contributed by atoms with van der Waals surface area (Å²) in [5.41, 5.74) is 4.00. The molecule has 2 heterocycles. The highest BCUT2D eigenvalue weighted by molar-refractivity contribution is 5.31. The number of nitrogens with one attached hydrogen (secondary N) is 1. The fourth-order valence-electron chi connectivity index (χ4n) is 3.04. The van der Waals surface area contributed by atoms with E-state index in [2.05, 4.69) is 10.3 Å². The first-order valence-corrected chi connectivity index (χ1v) is 6.41. The molecule has 3 rings (SSSR count). The van der Waals surface area contributed by atoms with Crippen LogP contribution in [0.3, 0.4) is 0 Å². The Labute approximate surface area is 96.7 Å². The lowest BCUT2D eigenvalue weighted by Crippen LogP contribution is -2.12. The second kappa shape index (κ2) is 4.13. The fraction of sp³-hybridized carbons (Fsp3) is 0.692. The monoisotopic (exact) mass is 217 g/mol. The number of aromatic nitrogens is 2. The quantitative estimate of drug-likeness (QED) is 0.785. The van der Waals surface area contributed by atoms with Gasteiger partial charge in [0.05, 0.1) is 11.4 Å². The molecule has 0 radical (unpaired) electrons. The second-order valence-electron chi connectivity index (χ2n) is 5.02. The van der Waals surface area contributed by atoms with E-state index in [0.29, 0.717) is 5.92 Å². The molecule has 0 atom stereocenters. The maximum atomic E-state index is 4.72. The number of hydrogen-bond donors (Lipinski definition) is 1. The van der Waals surface area contributed by atoms with Gasteiger partial charge in [-0.05, 0) is 19.8 Å². The van der Waals surface area contributed by atoms with Gasteiger partial charge in [-0.3, -0.25) is 0 Å². The van der Waals surface area contributed by atoms with Crippen LogP contribution in [0.2, 0.25) is 0 Å². The Morgan fingerprint density at radius 1 is 1.06 bits per heavy atom. The topological polar surface area (TPSA) is 37.8 Å². The fourth-order valence-corrected chi connectivity index (χ4v) is 3.04. The normalized spacial score (nSPS) is 21.1. The van der Waals surface area contributed by atoms with Gasteiger partial charge >= 0.3 is 0 Å². The van der Waals surface area contributed by atoms with Crippen molar-refractivity contribution in [2.45, 2.75) is 58.0 Å². The van der Waals surface area contributed by atoms with Gasteiger partial charge in [-0.25, -0.2) is 9.97 Å². The number of aryl methyl sites for hydroxylation is 1. The predicted octanol–water partition coefficient (Wildman–Crippen LogP) is 2.44. The summed E-state index contributed by atoms with van der Waals surface area (Å²) in [6.45, 7) is 3.92. The van der Waals surface area contributed by atoms with Crippen LogP contribution in [0.25, 0.3) is 0 Å². The molecule has 0 bridgehead atoms. The minimum atomic E-state index is 0.698. The Bertz CT molecular complexity index is 394. The molecule has 1 aromatic rings. The van der Waals surface area contributed by atoms with Crippen LogP contribution < -0.4 is 5.32 Å². The first kappa shape index (κ1) is 10.2. The van der Waals surface area contributed by atoms with Crippen molar-refractivity contribution in [1.82, 2.24) is 15.3 Å². The van der Waals surface area contributed by atoms with Gasteiger partial charge in [-0.15, -0.1) is 0 Å². The molecule has 0 unspecified atom stereocenters. The Balaban J connectivity index is 1.99. The van der Waals surface area contributed by atoms with Crippen molar-refractivity contribution in [2.24, 2.45) is 0 Å². The minimum Gasteiger partial charge on any atom is -0.307 e. The van der Waals surface area contributed by atoms with E-state index in [1.807, 2.05) is 6.92 Å². The first-order valence-electron chi connectivity index (χ1n) is 6.41. The van der Waals surface area contributed by atoms with E-state index in [1.165, 1.54) is 49.1 Å². The maximum Gasteiger partial charge on any atom is 0.125 e. The molecule has 1 aromatic heterocycles. The van der Waals surface area contributed by atoms with Gasteiger partial charge in [0.15, 0.2) is 0 Å². The number of nitrogens with zero attached hydrogens (tertiary/aromatic N) is 2. The Hall–Kier alpha value is -0.960. The molecule has 3 nitrogen and oxygen atoms in total. The van der Waals surface area contributed by atoms with E-state index < -0.39 is 0 Å². The van der Waals surface area contributed by atoms with Crippen LogP contribution in [-0.4, -0.2) is 9.97 Å². The van der Waals surface area contributed by atoms with Gasteiger partial charge < -0.3 is 5.32 Å². The molecular formula is C13H19N3. The summed E-state index contributed by atoms with van der Waals surface area (Å²) < 4.78 is 0. The third-order valence-corrected chi connectivity index (χ3v) is 3.82. The van der Waals surface area contributed by atoms with Crippen LogP contribution in [0.15, 0.2) is 0 Å². The Morgan fingerprint density at radius 3 is 2.69 bits per heavy atom. The van der Waals surface area contributed by atoms with Crippen molar-refractivity contribution in [2.75, 3.05) is 0 Å². The molecule has 3 heteroatoms. The van der Waals surface area contributed by atoms with Crippen molar-refractivity contribution < 1.29 is 0 Å². The lowest BCUT2D eigenvalue weighted by molar-refractivity contribution is 0.433. The van der Waals surface area contributed by atoms with Gasteiger partial charge in [-0.2, -0.15) is 0 Å². The van der Waals surface area contributed by atoms with E-state index in [0.717, 1.165) is 18.9 Å². The van der Waals surface area contributed by atoms with Gasteiger partial charge in [0.2, 0.25) is 0 Å². The summed E-state index contributed by atoms with van der Waals surface area (Å²) in [5, 5.41) is 3.39. The molecule has 1 saturated carbocycles. The molecule has 1 N–H and O–H groups in total. The lowest BCUT2D eigenvalue weighted by atomic mass is 9.85. The average molecular weight is 217 g/mol. The molecule has 2 aliphatic rings. The Morgan fingerprint density at radius 2 is 1.88 bits per heavy atom. The number of hydrogen-bond acceptors (Lipinski definition) is 3. The van der Waals surface area contributed by atoms with Gasteiger partial charge in [0.1, 0.15) is 5.82 Å². The third-order valence-electron chi connectivity index (χ3n) is 3.82. The summed E-state index contributed by atoms with van der Waals surface area (Å²) in [4.78, 5) is 9.25. The molecule has 0 aromatic carbocycles. The molecule has 0 saturated heterocycles. The van der Waals surface area contributed by atoms with Crippen LogP contribution in [0, 0.1) is 6.92 Å². The van der Waals surface area contributed by atoms with E-state index in [-0.39, 0.29) is 0 Å². The zero-order chi connectivity index (χ0) is 11.0. The van der Waals surface area contributed by atoms with Crippen LogP contribution in [-0.2, 0) is 13.1 Å². The first-order chi connectivity index (χ1) is 7.84. The SMILES string of the molecule is Cc1nc2c(c(C3CCCCC3)n1)CNC2. The summed E-state index contributed by atoms with van der Waals surface area (Å²) in [7, 11) is 0. The van der Waals surface area contributed by atoms with Gasteiger partial charge in [0, 0.05) is 24.6 Å². The standard InChI is InChI=1S/C13H19N3/c1-9-15-12-8-14-7-11(12)13(16-9)10-5-3-2-4-6-10/h10,14H,2-8H2,1H3. The highest BCUT2D eigenvalue weighted by Crippen LogP contribution is 2.34. The Kier molecular flexibility index (Phi) is 2.64. The average Bonchev–Trinajstić information content (AvgIpc) is 2.77. The van der Waals surface area contributed by atoms with Crippen molar-refractivity contribution in [3.8, 4) is 0 Å². The van der Waals surface area contributed by atoms with Crippen molar-refractivity contribution in [1.29, 1.82) is 0 Å². The van der Waals surface area contributed by atoms with Crippen LogP contribution in [0.4, 0.5) is 0 Å². The van der Waals surface area contributed by atoms with Crippen molar-refractivity contribution in [3.05, 3.63) is 22.8 Å². The zero-order valence-corrected chi connectivity index (χ0v) is 9.92. The minimum absolute atomic E-state index is 0.698. The summed E-state index contributed by atoms with van der Waals surface area (Å²) in [6, 6.07) is 0. The van der Waals surface area contributed by atoms with Crippen molar-refractivity contribution in [3.63, 3.8) is 0 Å². The number of fused-ring (bicyclic) bond motifs is 1. The molecule has 0 amide bonds. The van der Waals surface area contributed by atoms with E-state index in [4.69, 9.17) is 4.98 Å². The molecule has 0 spiro atoms. The molecule has 16 heavy (non-hydrogen) atoms. The van der Waals surface area contributed by atoms with E-state index in [1.54, 1.807) is 0 Å². The maximum absolute atomic E-state index is 4.72.